The van der Waals surface area contributed by atoms with Crippen LogP contribution in [0, 0.1) is 0 Å². The van der Waals surface area contributed by atoms with Gasteiger partial charge in [0, 0.05) is 6.54 Å². The van der Waals surface area contributed by atoms with Crippen molar-refractivity contribution in [3.05, 3.63) is 95.6 Å². The van der Waals surface area contributed by atoms with Crippen molar-refractivity contribution in [2.45, 2.75) is 24.8 Å². The van der Waals surface area contributed by atoms with E-state index in [1.165, 1.54) is 5.56 Å². The van der Waals surface area contributed by atoms with E-state index in [4.69, 9.17) is 9.47 Å². The van der Waals surface area contributed by atoms with Crippen LogP contribution in [0.15, 0.2) is 78.9 Å². The first-order valence-electron chi connectivity index (χ1n) is 10.3. The van der Waals surface area contributed by atoms with Crippen molar-refractivity contribution < 1.29 is 14.3 Å². The van der Waals surface area contributed by atoms with Gasteiger partial charge in [-0.2, -0.15) is 0 Å². The summed E-state index contributed by atoms with van der Waals surface area (Å²) < 4.78 is 10.6. The Morgan fingerprint density at radius 3 is 1.90 bits per heavy atom. The van der Waals surface area contributed by atoms with Crippen LogP contribution in [0.1, 0.15) is 35.1 Å². The van der Waals surface area contributed by atoms with Gasteiger partial charge < -0.3 is 14.4 Å². The lowest BCUT2D eigenvalue weighted by Gasteiger charge is -2.48. The van der Waals surface area contributed by atoms with Gasteiger partial charge in [-0.1, -0.05) is 54.6 Å². The molecule has 1 amide bonds. The number of rotatable bonds is 8. The zero-order chi connectivity index (χ0) is 20.9. The van der Waals surface area contributed by atoms with Gasteiger partial charge in [-0.25, -0.2) is 0 Å². The predicted octanol–water partition coefficient (Wildman–Crippen LogP) is 5.00. The minimum Gasteiger partial charge on any atom is -0.497 e. The first-order valence-corrected chi connectivity index (χ1v) is 10.3. The number of carbonyl (C=O) groups is 1. The van der Waals surface area contributed by atoms with E-state index in [2.05, 4.69) is 36.4 Å². The molecule has 0 aromatic heterocycles. The van der Waals surface area contributed by atoms with Crippen LogP contribution in [0.4, 0.5) is 0 Å². The molecule has 4 heteroatoms. The van der Waals surface area contributed by atoms with Crippen LogP contribution in [0.25, 0.3) is 0 Å². The van der Waals surface area contributed by atoms with Crippen LogP contribution in [-0.2, 0) is 11.2 Å². The molecule has 2 atom stereocenters. The van der Waals surface area contributed by atoms with E-state index >= 15 is 0 Å². The van der Waals surface area contributed by atoms with Crippen LogP contribution < -0.4 is 9.47 Å². The van der Waals surface area contributed by atoms with Gasteiger partial charge in [0.1, 0.15) is 11.5 Å². The summed E-state index contributed by atoms with van der Waals surface area (Å²) in [7, 11) is 3.32. The zero-order valence-electron chi connectivity index (χ0n) is 17.5. The summed E-state index contributed by atoms with van der Waals surface area (Å²) in [6, 6.07) is 26.4. The molecule has 0 N–H and O–H groups in total. The fourth-order valence-corrected chi connectivity index (χ4v) is 4.21. The zero-order valence-corrected chi connectivity index (χ0v) is 17.5. The highest BCUT2D eigenvalue weighted by Gasteiger charge is 2.48. The molecular formula is C26H27NO3. The molecule has 0 saturated carbocycles. The fraction of sp³-hybridized carbons (Fsp3) is 0.269. The third kappa shape index (κ3) is 4.04. The molecule has 0 aliphatic carbocycles. The molecule has 0 radical (unpaired) electrons. The summed E-state index contributed by atoms with van der Waals surface area (Å²) in [5.41, 5.74) is 3.47. The molecule has 3 aromatic rings. The first-order chi connectivity index (χ1) is 14.7. The number of β-lactam (4-membered cyclic amide) rings is 1. The standard InChI is InChI=1S/C26H27NO3/c1-29-22-14-10-20(11-15-22)24-25(21-12-16-23(30-2)17-13-21)27(26(24)28)18-6-9-19-7-4-3-5-8-19/h3-5,7-8,10-17,24-25H,6,9,18H2,1-2H3/t24-,25-/m0/s1. The van der Waals surface area contributed by atoms with Gasteiger partial charge >= 0.3 is 0 Å². The molecule has 1 aliphatic heterocycles. The topological polar surface area (TPSA) is 38.8 Å². The fourth-order valence-electron chi connectivity index (χ4n) is 4.21. The molecule has 0 bridgehead atoms. The van der Waals surface area contributed by atoms with E-state index < -0.39 is 0 Å². The van der Waals surface area contributed by atoms with Gasteiger partial charge in [-0.05, 0) is 53.8 Å². The summed E-state index contributed by atoms with van der Waals surface area (Å²) in [4.78, 5) is 15.1. The number of benzene rings is 3. The lowest BCUT2D eigenvalue weighted by atomic mass is 9.77. The Bertz CT molecular complexity index is 967. The summed E-state index contributed by atoms with van der Waals surface area (Å²) in [6.45, 7) is 0.747. The van der Waals surface area contributed by atoms with Crippen LogP contribution in [0.5, 0.6) is 11.5 Å². The van der Waals surface area contributed by atoms with Crippen LogP contribution in [0.2, 0.25) is 0 Å². The Morgan fingerprint density at radius 1 is 0.767 bits per heavy atom. The second-order valence-corrected chi connectivity index (χ2v) is 7.59. The van der Waals surface area contributed by atoms with Gasteiger partial charge in [0.05, 0.1) is 26.2 Å². The van der Waals surface area contributed by atoms with Gasteiger partial charge in [0.15, 0.2) is 0 Å². The average Bonchev–Trinajstić information content (AvgIpc) is 2.81. The summed E-state index contributed by atoms with van der Waals surface area (Å²) in [5, 5.41) is 0. The number of ether oxygens (including phenoxy) is 2. The number of aryl methyl sites for hydroxylation is 1. The molecule has 0 spiro atoms. The maximum atomic E-state index is 13.1. The summed E-state index contributed by atoms with van der Waals surface area (Å²) >= 11 is 0. The second-order valence-electron chi connectivity index (χ2n) is 7.59. The predicted molar refractivity (Wildman–Crippen MR) is 118 cm³/mol. The number of hydrogen-bond donors (Lipinski definition) is 0. The van der Waals surface area contributed by atoms with Gasteiger partial charge in [0.25, 0.3) is 0 Å². The quantitative estimate of drug-likeness (QED) is 0.499. The van der Waals surface area contributed by atoms with Crippen molar-refractivity contribution in [1.29, 1.82) is 0 Å². The molecule has 1 fully saturated rings. The molecule has 0 unspecified atom stereocenters. The highest BCUT2D eigenvalue weighted by molar-refractivity contribution is 5.91. The average molecular weight is 402 g/mol. The molecule has 1 saturated heterocycles. The van der Waals surface area contributed by atoms with Gasteiger partial charge in [-0.3, -0.25) is 4.79 Å². The Hall–Kier alpha value is -3.27. The van der Waals surface area contributed by atoms with Crippen LogP contribution in [0.3, 0.4) is 0 Å². The van der Waals surface area contributed by atoms with Crippen molar-refractivity contribution in [3.63, 3.8) is 0 Å². The van der Waals surface area contributed by atoms with Gasteiger partial charge in [-0.15, -0.1) is 0 Å². The van der Waals surface area contributed by atoms with Crippen molar-refractivity contribution in [1.82, 2.24) is 4.90 Å². The Labute approximate surface area is 178 Å². The molecule has 1 aliphatic rings. The summed E-state index contributed by atoms with van der Waals surface area (Å²) in [5.74, 6) is 1.64. The lowest BCUT2D eigenvalue weighted by molar-refractivity contribution is -0.150. The van der Waals surface area contributed by atoms with E-state index in [-0.39, 0.29) is 17.9 Å². The molecule has 154 valence electrons. The highest BCUT2D eigenvalue weighted by atomic mass is 16.5. The largest absolute Gasteiger partial charge is 0.497 e. The smallest absolute Gasteiger partial charge is 0.233 e. The number of likely N-dealkylation sites (tertiary alicyclic amines) is 1. The minimum absolute atomic E-state index is 0.0348. The molecule has 4 rings (SSSR count). The van der Waals surface area contributed by atoms with Crippen molar-refractivity contribution >= 4 is 5.91 Å². The molecule has 3 aromatic carbocycles. The van der Waals surface area contributed by atoms with Crippen molar-refractivity contribution in [3.8, 4) is 11.5 Å². The maximum absolute atomic E-state index is 13.1. The maximum Gasteiger partial charge on any atom is 0.233 e. The van der Waals surface area contributed by atoms with E-state index in [1.807, 2.05) is 47.4 Å². The number of hydrogen-bond acceptors (Lipinski definition) is 3. The third-order valence-corrected chi connectivity index (χ3v) is 5.84. The normalized spacial score (nSPS) is 18.1. The number of methoxy groups -OCH3 is 2. The van der Waals surface area contributed by atoms with Crippen molar-refractivity contribution in [2.75, 3.05) is 20.8 Å². The highest BCUT2D eigenvalue weighted by Crippen LogP contribution is 2.47. The van der Waals surface area contributed by atoms with E-state index in [1.54, 1.807) is 14.2 Å². The van der Waals surface area contributed by atoms with Crippen molar-refractivity contribution in [2.24, 2.45) is 0 Å². The number of carbonyl (C=O) groups excluding carboxylic acids is 1. The number of nitrogens with zero attached hydrogens (tertiary/aromatic N) is 1. The third-order valence-electron chi connectivity index (χ3n) is 5.84. The molecule has 30 heavy (non-hydrogen) atoms. The van der Waals surface area contributed by atoms with E-state index in [0.29, 0.717) is 0 Å². The van der Waals surface area contributed by atoms with Crippen LogP contribution >= 0.6 is 0 Å². The number of amides is 1. The molecule has 4 nitrogen and oxygen atoms in total. The van der Waals surface area contributed by atoms with E-state index in [0.717, 1.165) is 42.0 Å². The Balaban J connectivity index is 1.54. The second kappa shape index (κ2) is 9.04. The van der Waals surface area contributed by atoms with E-state index in [9.17, 15) is 4.79 Å². The van der Waals surface area contributed by atoms with Crippen LogP contribution in [-0.4, -0.2) is 31.6 Å². The first kappa shape index (κ1) is 20.0. The SMILES string of the molecule is COc1ccc([C@@H]2C(=O)N(CCCc3ccccc3)[C@H]2c2ccc(OC)cc2)cc1. The Kier molecular flexibility index (Phi) is 6.03. The lowest BCUT2D eigenvalue weighted by Crippen LogP contribution is -2.53. The molecule has 1 heterocycles. The Morgan fingerprint density at radius 2 is 1.33 bits per heavy atom. The van der Waals surface area contributed by atoms with Gasteiger partial charge in [0.2, 0.25) is 5.91 Å². The minimum atomic E-state index is -0.166. The summed E-state index contributed by atoms with van der Waals surface area (Å²) in [6.07, 6.45) is 1.91. The monoisotopic (exact) mass is 401 g/mol. The molecular weight excluding hydrogens is 374 g/mol.